The molecule has 2 unspecified atom stereocenters. The van der Waals surface area contributed by atoms with Crippen molar-refractivity contribution in [1.82, 2.24) is 0 Å². The maximum Gasteiger partial charge on any atom is 0.161 e. The Morgan fingerprint density at radius 3 is 2.22 bits per heavy atom. The summed E-state index contributed by atoms with van der Waals surface area (Å²) in [5, 5.41) is 0. The molecule has 102 valence electrons. The molecule has 1 aromatic carbocycles. The lowest BCUT2D eigenvalue weighted by molar-refractivity contribution is 0.240. The van der Waals surface area contributed by atoms with E-state index in [1.165, 1.54) is 0 Å². The first-order valence-corrected chi connectivity index (χ1v) is 7.37. The SMILES string of the molecule is COc1ccccc1OCCC(C(C)C)C(C)Br. The minimum Gasteiger partial charge on any atom is -0.493 e. The molecule has 0 radical (unpaired) electrons. The molecule has 0 bridgehead atoms. The third-order valence-corrected chi connectivity index (χ3v) is 3.90. The van der Waals surface area contributed by atoms with Crippen molar-refractivity contribution in [2.75, 3.05) is 13.7 Å². The van der Waals surface area contributed by atoms with Crippen LogP contribution in [-0.4, -0.2) is 18.5 Å². The van der Waals surface area contributed by atoms with Gasteiger partial charge in [-0.2, -0.15) is 0 Å². The molecule has 0 N–H and O–H groups in total. The van der Waals surface area contributed by atoms with E-state index in [1.54, 1.807) is 7.11 Å². The van der Waals surface area contributed by atoms with Crippen molar-refractivity contribution in [1.29, 1.82) is 0 Å². The fourth-order valence-electron chi connectivity index (χ4n) is 2.14. The van der Waals surface area contributed by atoms with E-state index < -0.39 is 0 Å². The molecule has 0 aliphatic carbocycles. The van der Waals surface area contributed by atoms with Gasteiger partial charge >= 0.3 is 0 Å². The molecular formula is C15H23BrO2. The summed E-state index contributed by atoms with van der Waals surface area (Å²) in [5.74, 6) is 2.90. The summed E-state index contributed by atoms with van der Waals surface area (Å²) in [7, 11) is 1.67. The number of ether oxygens (including phenoxy) is 2. The molecule has 18 heavy (non-hydrogen) atoms. The molecular weight excluding hydrogens is 292 g/mol. The highest BCUT2D eigenvalue weighted by Gasteiger charge is 2.18. The number of hydrogen-bond acceptors (Lipinski definition) is 2. The fourth-order valence-corrected chi connectivity index (χ4v) is 3.01. The maximum absolute atomic E-state index is 5.81. The van der Waals surface area contributed by atoms with E-state index in [2.05, 4.69) is 36.7 Å². The van der Waals surface area contributed by atoms with Gasteiger partial charge in [0.25, 0.3) is 0 Å². The molecule has 1 aromatic rings. The van der Waals surface area contributed by atoms with Crippen molar-refractivity contribution >= 4 is 15.9 Å². The Morgan fingerprint density at radius 1 is 1.11 bits per heavy atom. The standard InChI is InChI=1S/C15H23BrO2/c1-11(2)13(12(3)16)9-10-18-15-8-6-5-7-14(15)17-4/h5-8,11-13H,9-10H2,1-4H3. The zero-order valence-corrected chi connectivity index (χ0v) is 13.2. The second kappa shape index (κ2) is 7.67. The second-order valence-electron chi connectivity index (χ2n) is 4.87. The number of rotatable bonds is 7. The average molecular weight is 315 g/mol. The van der Waals surface area contributed by atoms with Crippen molar-refractivity contribution in [2.24, 2.45) is 11.8 Å². The first kappa shape index (κ1) is 15.4. The molecule has 0 aliphatic heterocycles. The van der Waals surface area contributed by atoms with E-state index in [1.807, 2.05) is 24.3 Å². The highest BCUT2D eigenvalue weighted by molar-refractivity contribution is 9.09. The minimum absolute atomic E-state index is 0.513. The Labute approximate surface area is 119 Å². The van der Waals surface area contributed by atoms with Crippen LogP contribution in [0.2, 0.25) is 0 Å². The third kappa shape index (κ3) is 4.52. The molecule has 0 heterocycles. The Balaban J connectivity index is 2.50. The van der Waals surface area contributed by atoms with Gasteiger partial charge in [-0.15, -0.1) is 0 Å². The van der Waals surface area contributed by atoms with Crippen LogP contribution in [-0.2, 0) is 0 Å². The van der Waals surface area contributed by atoms with Gasteiger partial charge in [-0.3, -0.25) is 0 Å². The normalized spacial score (nSPS) is 14.3. The zero-order valence-electron chi connectivity index (χ0n) is 11.7. The monoisotopic (exact) mass is 314 g/mol. The van der Waals surface area contributed by atoms with E-state index in [9.17, 15) is 0 Å². The van der Waals surface area contributed by atoms with E-state index in [0.29, 0.717) is 16.7 Å². The number of methoxy groups -OCH3 is 1. The van der Waals surface area contributed by atoms with Gasteiger partial charge in [0, 0.05) is 4.83 Å². The average Bonchev–Trinajstić information content (AvgIpc) is 2.34. The Morgan fingerprint density at radius 2 is 1.72 bits per heavy atom. The fraction of sp³-hybridized carbons (Fsp3) is 0.600. The first-order chi connectivity index (χ1) is 8.56. The van der Waals surface area contributed by atoms with Crippen LogP contribution in [0, 0.1) is 11.8 Å². The van der Waals surface area contributed by atoms with Crippen molar-refractivity contribution in [3.63, 3.8) is 0 Å². The van der Waals surface area contributed by atoms with Gasteiger partial charge in [0.15, 0.2) is 11.5 Å². The molecule has 0 spiro atoms. The molecule has 0 saturated carbocycles. The largest absolute Gasteiger partial charge is 0.493 e. The van der Waals surface area contributed by atoms with Crippen LogP contribution in [0.25, 0.3) is 0 Å². The quantitative estimate of drug-likeness (QED) is 0.689. The number of benzene rings is 1. The zero-order chi connectivity index (χ0) is 13.5. The number of para-hydroxylation sites is 2. The van der Waals surface area contributed by atoms with Crippen LogP contribution in [0.15, 0.2) is 24.3 Å². The lowest BCUT2D eigenvalue weighted by atomic mass is 9.90. The molecule has 0 aliphatic rings. The van der Waals surface area contributed by atoms with E-state index in [-0.39, 0.29) is 0 Å². The summed E-state index contributed by atoms with van der Waals surface area (Å²) in [4.78, 5) is 0.513. The molecule has 3 heteroatoms. The third-order valence-electron chi connectivity index (χ3n) is 3.22. The topological polar surface area (TPSA) is 18.5 Å². The maximum atomic E-state index is 5.81. The summed E-state index contributed by atoms with van der Waals surface area (Å²) in [6, 6.07) is 7.78. The molecule has 0 aromatic heterocycles. The predicted molar refractivity (Wildman–Crippen MR) is 79.8 cm³/mol. The van der Waals surface area contributed by atoms with Crippen molar-refractivity contribution < 1.29 is 9.47 Å². The number of hydrogen-bond donors (Lipinski definition) is 0. The molecule has 2 nitrogen and oxygen atoms in total. The lowest BCUT2D eigenvalue weighted by Gasteiger charge is -2.23. The molecule has 0 amide bonds. The number of halogens is 1. The van der Waals surface area contributed by atoms with Gasteiger partial charge in [0.05, 0.1) is 13.7 Å². The van der Waals surface area contributed by atoms with Gasteiger partial charge in [0.2, 0.25) is 0 Å². The van der Waals surface area contributed by atoms with Crippen LogP contribution in [0.1, 0.15) is 27.2 Å². The second-order valence-corrected chi connectivity index (χ2v) is 6.32. The highest BCUT2D eigenvalue weighted by Crippen LogP contribution is 2.28. The van der Waals surface area contributed by atoms with E-state index >= 15 is 0 Å². The Bertz CT molecular complexity index is 342. The predicted octanol–water partition coefficient (Wildman–Crippen LogP) is 4.52. The van der Waals surface area contributed by atoms with Crippen molar-refractivity contribution in [3.8, 4) is 11.5 Å². The highest BCUT2D eigenvalue weighted by atomic mass is 79.9. The Kier molecular flexibility index (Phi) is 6.55. The summed E-state index contributed by atoms with van der Waals surface area (Å²) in [6.45, 7) is 7.43. The number of alkyl halides is 1. The van der Waals surface area contributed by atoms with Crippen LogP contribution in [0.4, 0.5) is 0 Å². The van der Waals surface area contributed by atoms with Crippen LogP contribution >= 0.6 is 15.9 Å². The van der Waals surface area contributed by atoms with Crippen molar-refractivity contribution in [2.45, 2.75) is 32.0 Å². The van der Waals surface area contributed by atoms with Crippen LogP contribution in [0.5, 0.6) is 11.5 Å². The lowest BCUT2D eigenvalue weighted by Crippen LogP contribution is -2.20. The van der Waals surface area contributed by atoms with Gasteiger partial charge in [-0.25, -0.2) is 0 Å². The molecule has 0 fully saturated rings. The van der Waals surface area contributed by atoms with Gasteiger partial charge in [-0.1, -0.05) is 48.8 Å². The molecule has 1 rings (SSSR count). The summed E-state index contributed by atoms with van der Waals surface area (Å²) in [5.41, 5.74) is 0. The smallest absolute Gasteiger partial charge is 0.161 e. The summed E-state index contributed by atoms with van der Waals surface area (Å²) >= 11 is 3.68. The van der Waals surface area contributed by atoms with E-state index in [0.717, 1.165) is 24.5 Å². The van der Waals surface area contributed by atoms with Gasteiger partial charge in [-0.05, 0) is 30.4 Å². The Hall–Kier alpha value is -0.700. The molecule has 2 atom stereocenters. The molecule has 0 saturated heterocycles. The summed E-state index contributed by atoms with van der Waals surface area (Å²) in [6.07, 6.45) is 1.04. The van der Waals surface area contributed by atoms with Crippen molar-refractivity contribution in [3.05, 3.63) is 24.3 Å². The van der Waals surface area contributed by atoms with Crippen LogP contribution < -0.4 is 9.47 Å². The summed E-state index contributed by atoms with van der Waals surface area (Å²) < 4.78 is 11.1. The van der Waals surface area contributed by atoms with E-state index in [4.69, 9.17) is 9.47 Å². The minimum atomic E-state index is 0.513. The first-order valence-electron chi connectivity index (χ1n) is 6.46. The van der Waals surface area contributed by atoms with Crippen LogP contribution in [0.3, 0.4) is 0 Å². The van der Waals surface area contributed by atoms with Gasteiger partial charge < -0.3 is 9.47 Å². The van der Waals surface area contributed by atoms with Gasteiger partial charge in [0.1, 0.15) is 0 Å².